The summed E-state index contributed by atoms with van der Waals surface area (Å²) in [5.41, 5.74) is 0.271. The first kappa shape index (κ1) is 15.1. The number of halogens is 3. The molecular weight excluding hydrogens is 328 g/mol. The SMILES string of the molecule is O=C(Nc1nnc(-c2ccc(Cl)cc2)o1)c1ccc(F)cc1F. The lowest BCUT2D eigenvalue weighted by Crippen LogP contribution is -2.14. The Hall–Kier alpha value is -2.80. The maximum absolute atomic E-state index is 13.5. The largest absolute Gasteiger partial charge is 0.403 e. The quantitative estimate of drug-likeness (QED) is 0.787. The van der Waals surface area contributed by atoms with Crippen LogP contribution in [0.1, 0.15) is 10.4 Å². The third-order valence-electron chi connectivity index (χ3n) is 2.91. The van der Waals surface area contributed by atoms with E-state index in [1.807, 2.05) is 0 Å². The molecule has 0 aliphatic rings. The number of nitrogens with one attached hydrogen (secondary N) is 1. The fourth-order valence-corrected chi connectivity index (χ4v) is 1.95. The van der Waals surface area contributed by atoms with E-state index in [0.29, 0.717) is 16.7 Å². The molecule has 1 amide bonds. The van der Waals surface area contributed by atoms with Crippen molar-refractivity contribution in [1.29, 1.82) is 0 Å². The summed E-state index contributed by atoms with van der Waals surface area (Å²) >= 11 is 5.78. The molecule has 8 heteroatoms. The lowest BCUT2D eigenvalue weighted by molar-refractivity contribution is 0.102. The first-order chi connectivity index (χ1) is 11.0. The third-order valence-corrected chi connectivity index (χ3v) is 3.16. The van der Waals surface area contributed by atoms with E-state index in [0.717, 1.165) is 12.1 Å². The summed E-state index contributed by atoms with van der Waals surface area (Å²) in [6, 6.07) is 9.04. The van der Waals surface area contributed by atoms with Crippen LogP contribution in [0, 0.1) is 11.6 Å². The Kier molecular flexibility index (Phi) is 4.03. The first-order valence-electron chi connectivity index (χ1n) is 6.39. The molecule has 23 heavy (non-hydrogen) atoms. The van der Waals surface area contributed by atoms with Gasteiger partial charge in [-0.1, -0.05) is 16.7 Å². The van der Waals surface area contributed by atoms with Gasteiger partial charge in [-0.05, 0) is 36.4 Å². The van der Waals surface area contributed by atoms with E-state index in [1.54, 1.807) is 24.3 Å². The molecule has 0 saturated heterocycles. The van der Waals surface area contributed by atoms with Crippen molar-refractivity contribution in [1.82, 2.24) is 10.2 Å². The van der Waals surface area contributed by atoms with Gasteiger partial charge in [-0.2, -0.15) is 0 Å². The fourth-order valence-electron chi connectivity index (χ4n) is 1.82. The average molecular weight is 336 g/mol. The molecule has 0 saturated carbocycles. The van der Waals surface area contributed by atoms with Crippen LogP contribution in [0.5, 0.6) is 0 Å². The van der Waals surface area contributed by atoms with Crippen molar-refractivity contribution in [3.8, 4) is 11.5 Å². The highest BCUT2D eigenvalue weighted by atomic mass is 35.5. The van der Waals surface area contributed by atoms with Gasteiger partial charge in [0.2, 0.25) is 5.89 Å². The van der Waals surface area contributed by atoms with Crippen LogP contribution in [0.3, 0.4) is 0 Å². The highest BCUT2D eigenvalue weighted by Gasteiger charge is 2.16. The van der Waals surface area contributed by atoms with Crippen LogP contribution in [0.15, 0.2) is 46.9 Å². The van der Waals surface area contributed by atoms with Crippen molar-refractivity contribution in [2.45, 2.75) is 0 Å². The number of anilines is 1. The summed E-state index contributed by atoms with van der Waals surface area (Å²) in [4.78, 5) is 11.9. The maximum Gasteiger partial charge on any atom is 0.322 e. The average Bonchev–Trinajstić information content (AvgIpc) is 2.96. The van der Waals surface area contributed by atoms with Crippen LogP contribution in [-0.4, -0.2) is 16.1 Å². The number of hydrogen-bond acceptors (Lipinski definition) is 4. The zero-order valence-electron chi connectivity index (χ0n) is 11.4. The predicted octanol–water partition coefficient (Wildman–Crippen LogP) is 3.92. The summed E-state index contributed by atoms with van der Waals surface area (Å²) in [5, 5.41) is 10.2. The highest BCUT2D eigenvalue weighted by molar-refractivity contribution is 6.30. The molecule has 0 fully saturated rings. The van der Waals surface area contributed by atoms with Crippen molar-refractivity contribution in [3.63, 3.8) is 0 Å². The van der Waals surface area contributed by atoms with E-state index in [1.165, 1.54) is 0 Å². The molecule has 0 unspecified atom stereocenters. The van der Waals surface area contributed by atoms with Crippen LogP contribution in [-0.2, 0) is 0 Å². The third kappa shape index (κ3) is 3.35. The topological polar surface area (TPSA) is 68.0 Å². The summed E-state index contributed by atoms with van der Waals surface area (Å²) in [6.45, 7) is 0. The second-order valence-electron chi connectivity index (χ2n) is 4.50. The number of hydrogen-bond donors (Lipinski definition) is 1. The molecule has 0 radical (unpaired) electrons. The number of amides is 1. The minimum Gasteiger partial charge on any atom is -0.403 e. The van der Waals surface area contributed by atoms with Gasteiger partial charge in [0, 0.05) is 16.7 Å². The first-order valence-corrected chi connectivity index (χ1v) is 6.76. The zero-order valence-corrected chi connectivity index (χ0v) is 12.1. The van der Waals surface area contributed by atoms with Crippen LogP contribution < -0.4 is 5.32 Å². The summed E-state index contributed by atoms with van der Waals surface area (Å²) in [7, 11) is 0. The van der Waals surface area contributed by atoms with Crippen molar-refractivity contribution >= 4 is 23.5 Å². The Morgan fingerprint density at radius 1 is 1.09 bits per heavy atom. The molecule has 3 rings (SSSR count). The van der Waals surface area contributed by atoms with Crippen molar-refractivity contribution in [2.24, 2.45) is 0 Å². The summed E-state index contributed by atoms with van der Waals surface area (Å²) in [6.07, 6.45) is 0. The van der Waals surface area contributed by atoms with Gasteiger partial charge in [0.1, 0.15) is 11.6 Å². The Labute approximate surface area is 133 Å². The molecule has 1 N–H and O–H groups in total. The van der Waals surface area contributed by atoms with Crippen LogP contribution in [0.2, 0.25) is 5.02 Å². The minimum atomic E-state index is -0.986. The number of benzene rings is 2. The van der Waals surface area contributed by atoms with Crippen LogP contribution >= 0.6 is 11.6 Å². The van der Waals surface area contributed by atoms with Crippen molar-refractivity contribution in [2.75, 3.05) is 5.32 Å². The molecule has 1 heterocycles. The second kappa shape index (κ2) is 6.13. The van der Waals surface area contributed by atoms with Crippen LogP contribution in [0.25, 0.3) is 11.5 Å². The molecule has 0 aliphatic heterocycles. The number of carbonyl (C=O) groups excluding carboxylic acids is 1. The molecule has 0 atom stereocenters. The molecule has 0 bridgehead atoms. The zero-order chi connectivity index (χ0) is 16.4. The lowest BCUT2D eigenvalue weighted by atomic mass is 10.2. The molecule has 0 aliphatic carbocycles. The van der Waals surface area contributed by atoms with Gasteiger partial charge in [-0.15, -0.1) is 5.10 Å². The summed E-state index contributed by atoms with van der Waals surface area (Å²) < 4.78 is 31.6. The van der Waals surface area contributed by atoms with E-state index in [4.69, 9.17) is 16.0 Å². The van der Waals surface area contributed by atoms with E-state index in [-0.39, 0.29) is 17.5 Å². The molecule has 1 aromatic heterocycles. The smallest absolute Gasteiger partial charge is 0.322 e. The standard InChI is InChI=1S/C15H8ClF2N3O2/c16-9-3-1-8(2-4-9)14-20-21-15(23-14)19-13(22)11-6-5-10(17)7-12(11)18/h1-7H,(H,19,21,22). The van der Waals surface area contributed by atoms with Gasteiger partial charge in [0.15, 0.2) is 0 Å². The van der Waals surface area contributed by atoms with Gasteiger partial charge < -0.3 is 4.42 Å². The highest BCUT2D eigenvalue weighted by Crippen LogP contribution is 2.22. The van der Waals surface area contributed by atoms with Gasteiger partial charge >= 0.3 is 6.01 Å². The molecule has 116 valence electrons. The Morgan fingerprint density at radius 3 is 2.52 bits per heavy atom. The minimum absolute atomic E-state index is 0.163. The van der Waals surface area contributed by atoms with Gasteiger partial charge in [-0.3, -0.25) is 10.1 Å². The normalized spacial score (nSPS) is 10.6. The van der Waals surface area contributed by atoms with E-state index in [2.05, 4.69) is 15.5 Å². The van der Waals surface area contributed by atoms with Crippen molar-refractivity contribution in [3.05, 3.63) is 64.7 Å². The Morgan fingerprint density at radius 2 is 1.83 bits per heavy atom. The fraction of sp³-hybridized carbons (Fsp3) is 0. The number of nitrogens with zero attached hydrogens (tertiary/aromatic N) is 2. The predicted molar refractivity (Wildman–Crippen MR) is 79.1 cm³/mol. The molecule has 0 spiro atoms. The molecule has 3 aromatic rings. The van der Waals surface area contributed by atoms with Gasteiger partial charge in [0.25, 0.3) is 5.91 Å². The number of rotatable bonds is 3. The van der Waals surface area contributed by atoms with E-state index < -0.39 is 17.5 Å². The summed E-state index contributed by atoms with van der Waals surface area (Å²) in [5.74, 6) is -2.42. The molecule has 2 aromatic carbocycles. The molecular formula is C15H8ClF2N3O2. The van der Waals surface area contributed by atoms with Crippen molar-refractivity contribution < 1.29 is 18.0 Å². The Bertz CT molecular complexity index is 865. The van der Waals surface area contributed by atoms with Crippen LogP contribution in [0.4, 0.5) is 14.8 Å². The monoisotopic (exact) mass is 335 g/mol. The van der Waals surface area contributed by atoms with E-state index in [9.17, 15) is 13.6 Å². The maximum atomic E-state index is 13.5. The number of carbonyl (C=O) groups is 1. The lowest BCUT2D eigenvalue weighted by Gasteiger charge is -2.02. The molecule has 5 nitrogen and oxygen atoms in total. The second-order valence-corrected chi connectivity index (χ2v) is 4.93. The number of aromatic nitrogens is 2. The van der Waals surface area contributed by atoms with Gasteiger partial charge in [-0.25, -0.2) is 8.78 Å². The Balaban J connectivity index is 1.78. The van der Waals surface area contributed by atoms with Gasteiger partial charge in [0.05, 0.1) is 5.56 Å². The van der Waals surface area contributed by atoms with E-state index >= 15 is 0 Å².